The van der Waals surface area contributed by atoms with Crippen molar-refractivity contribution in [3.63, 3.8) is 0 Å². The molecule has 0 radical (unpaired) electrons. The number of hydrazone groups is 1. The fraction of sp³-hybridized carbons (Fsp3) is 0.200. The molecule has 2 rings (SSSR count). The number of hydrogen-bond donors (Lipinski definition) is 3. The topological polar surface area (TPSA) is 104 Å². The molecule has 1 unspecified atom stereocenters. The van der Waals surface area contributed by atoms with Crippen LogP contribution in [0.1, 0.15) is 23.6 Å². The molecule has 2 atom stereocenters. The summed E-state index contributed by atoms with van der Waals surface area (Å²) < 4.78 is 5.71. The van der Waals surface area contributed by atoms with Crippen LogP contribution in [0.3, 0.4) is 0 Å². The molecule has 0 spiro atoms. The van der Waals surface area contributed by atoms with Crippen LogP contribution in [0.5, 0.6) is 0 Å². The third-order valence-electron chi connectivity index (χ3n) is 4.16. The van der Waals surface area contributed by atoms with Gasteiger partial charge in [-0.25, -0.2) is 0 Å². The first kappa shape index (κ1) is 22.9. The monoisotopic (exact) mass is 452 g/mol. The zero-order chi connectivity index (χ0) is 21.7. The number of nitrogens with zero attached hydrogens (tertiary/aromatic N) is 2. The van der Waals surface area contributed by atoms with Crippen molar-refractivity contribution in [2.45, 2.75) is 26.0 Å². The van der Waals surface area contributed by atoms with Gasteiger partial charge in [-0.05, 0) is 49.7 Å². The summed E-state index contributed by atoms with van der Waals surface area (Å²) in [6.45, 7) is 7.16. The van der Waals surface area contributed by atoms with E-state index in [1.54, 1.807) is 44.2 Å². The highest BCUT2D eigenvalue weighted by Crippen LogP contribution is 2.29. The largest absolute Gasteiger partial charge is 0.439 e. The standard InChI is InChI=1S/C20H19Cl3N4O2/c1-10-17(7-5-14(9-24)18(10)23)26-19(11(2)28)20(27-25)29-12(3)13-4-6-15(21)16(22)8-13/h4-8,11,19,26,28H,3,25H2,1-2H3/b27-20-/t11-,19?/m0/s1. The molecular weight excluding hydrogens is 435 g/mol. The fourth-order valence-electron chi connectivity index (χ4n) is 2.51. The van der Waals surface area contributed by atoms with E-state index in [1.165, 1.54) is 0 Å². The molecule has 9 heteroatoms. The predicted octanol–water partition coefficient (Wildman–Crippen LogP) is 4.95. The minimum absolute atomic E-state index is 0.00375. The second-order valence-corrected chi connectivity index (χ2v) is 7.39. The predicted molar refractivity (Wildman–Crippen MR) is 118 cm³/mol. The summed E-state index contributed by atoms with van der Waals surface area (Å²) in [5.41, 5.74) is 2.14. The van der Waals surface area contributed by atoms with Crippen LogP contribution in [0.2, 0.25) is 15.1 Å². The number of ether oxygens (including phenoxy) is 1. The number of nitriles is 1. The van der Waals surface area contributed by atoms with Gasteiger partial charge >= 0.3 is 0 Å². The maximum atomic E-state index is 10.3. The number of nitrogens with two attached hydrogens (primary N) is 1. The maximum Gasteiger partial charge on any atom is 0.236 e. The third kappa shape index (κ3) is 5.34. The zero-order valence-corrected chi connectivity index (χ0v) is 18.0. The van der Waals surface area contributed by atoms with Gasteiger partial charge in [-0.1, -0.05) is 41.4 Å². The van der Waals surface area contributed by atoms with Gasteiger partial charge < -0.3 is 21.0 Å². The van der Waals surface area contributed by atoms with Gasteiger partial charge in [-0.3, -0.25) is 0 Å². The van der Waals surface area contributed by atoms with E-state index in [1.807, 2.05) is 6.07 Å². The maximum absolute atomic E-state index is 10.3. The Labute approximate surface area is 184 Å². The third-order valence-corrected chi connectivity index (χ3v) is 5.39. The second kappa shape index (κ2) is 9.86. The van der Waals surface area contributed by atoms with E-state index in [9.17, 15) is 5.11 Å². The summed E-state index contributed by atoms with van der Waals surface area (Å²) in [6, 6.07) is 9.34. The molecule has 6 nitrogen and oxygen atoms in total. The van der Waals surface area contributed by atoms with E-state index in [4.69, 9.17) is 50.6 Å². The van der Waals surface area contributed by atoms with Crippen molar-refractivity contribution in [3.8, 4) is 6.07 Å². The molecule has 4 N–H and O–H groups in total. The van der Waals surface area contributed by atoms with Crippen LogP contribution < -0.4 is 11.2 Å². The average Bonchev–Trinajstić information content (AvgIpc) is 2.69. The van der Waals surface area contributed by atoms with Crippen molar-refractivity contribution < 1.29 is 9.84 Å². The molecule has 0 aromatic heterocycles. The molecule has 2 aromatic rings. The van der Waals surface area contributed by atoms with Crippen LogP contribution >= 0.6 is 34.8 Å². The lowest BCUT2D eigenvalue weighted by atomic mass is 10.1. The van der Waals surface area contributed by atoms with Crippen LogP contribution in [0.15, 0.2) is 42.0 Å². The van der Waals surface area contributed by atoms with Gasteiger partial charge in [0.1, 0.15) is 17.9 Å². The first-order valence-electron chi connectivity index (χ1n) is 8.43. The second-order valence-electron chi connectivity index (χ2n) is 6.20. The Bertz CT molecular complexity index is 1000. The molecule has 0 saturated heterocycles. The highest BCUT2D eigenvalue weighted by Gasteiger charge is 2.26. The lowest BCUT2D eigenvalue weighted by Gasteiger charge is -2.25. The summed E-state index contributed by atoms with van der Waals surface area (Å²) in [4.78, 5) is 0. The van der Waals surface area contributed by atoms with Crippen molar-refractivity contribution in [2.75, 3.05) is 5.32 Å². The molecule has 0 amide bonds. The van der Waals surface area contributed by atoms with E-state index in [2.05, 4.69) is 17.0 Å². The Hall–Kier alpha value is -2.43. The van der Waals surface area contributed by atoms with Crippen LogP contribution in [0, 0.1) is 18.3 Å². The first-order chi connectivity index (χ1) is 13.7. The Morgan fingerprint density at radius 3 is 2.52 bits per heavy atom. The molecule has 0 aliphatic carbocycles. The summed E-state index contributed by atoms with van der Waals surface area (Å²) in [6.07, 6.45) is -0.937. The normalized spacial score (nSPS) is 13.3. The fourth-order valence-corrected chi connectivity index (χ4v) is 3.01. The van der Waals surface area contributed by atoms with Crippen LogP contribution in [-0.4, -0.2) is 23.2 Å². The van der Waals surface area contributed by atoms with Crippen molar-refractivity contribution in [2.24, 2.45) is 10.9 Å². The summed E-state index contributed by atoms with van der Waals surface area (Å²) in [5, 5.41) is 27.2. The van der Waals surface area contributed by atoms with E-state index in [0.717, 1.165) is 0 Å². The number of rotatable bonds is 6. The van der Waals surface area contributed by atoms with E-state index >= 15 is 0 Å². The van der Waals surface area contributed by atoms with Gasteiger partial charge in [-0.15, -0.1) is 5.10 Å². The number of benzene rings is 2. The number of halogens is 3. The van der Waals surface area contributed by atoms with Crippen molar-refractivity contribution in [1.29, 1.82) is 5.26 Å². The van der Waals surface area contributed by atoms with Gasteiger partial charge in [0, 0.05) is 11.3 Å². The van der Waals surface area contributed by atoms with Crippen molar-refractivity contribution in [3.05, 3.63) is 68.7 Å². The van der Waals surface area contributed by atoms with Crippen LogP contribution in [0.25, 0.3) is 5.76 Å². The highest BCUT2D eigenvalue weighted by atomic mass is 35.5. The number of aliphatic hydroxyl groups is 1. The first-order valence-corrected chi connectivity index (χ1v) is 9.56. The Morgan fingerprint density at radius 2 is 1.97 bits per heavy atom. The molecule has 0 fully saturated rings. The molecule has 29 heavy (non-hydrogen) atoms. The van der Waals surface area contributed by atoms with Crippen LogP contribution in [0.4, 0.5) is 5.69 Å². The lowest BCUT2D eigenvalue weighted by Crippen LogP contribution is -2.41. The van der Waals surface area contributed by atoms with Crippen molar-refractivity contribution >= 4 is 52.1 Å². The molecule has 0 aliphatic heterocycles. The highest BCUT2D eigenvalue weighted by molar-refractivity contribution is 6.42. The summed E-state index contributed by atoms with van der Waals surface area (Å²) >= 11 is 18.2. The number of hydrogen-bond acceptors (Lipinski definition) is 6. The van der Waals surface area contributed by atoms with Gasteiger partial charge in [0.2, 0.25) is 5.90 Å². The Balaban J connectivity index is 2.28. The van der Waals surface area contributed by atoms with Gasteiger partial charge in [0.05, 0.1) is 26.7 Å². The SMILES string of the molecule is C=C(O/C(=N\N)C(Nc1ccc(C#N)c(Cl)c1C)[C@H](C)O)c1ccc(Cl)c(Cl)c1. The smallest absolute Gasteiger partial charge is 0.236 e. The van der Waals surface area contributed by atoms with Gasteiger partial charge in [0.25, 0.3) is 0 Å². The van der Waals surface area contributed by atoms with E-state index < -0.39 is 12.1 Å². The average molecular weight is 454 g/mol. The zero-order valence-electron chi connectivity index (χ0n) is 15.7. The summed E-state index contributed by atoms with van der Waals surface area (Å²) in [7, 11) is 0. The molecule has 2 aromatic carbocycles. The number of nitrogens with one attached hydrogen (secondary N) is 1. The number of anilines is 1. The van der Waals surface area contributed by atoms with E-state index in [0.29, 0.717) is 37.4 Å². The van der Waals surface area contributed by atoms with Gasteiger partial charge in [0.15, 0.2) is 0 Å². The lowest BCUT2D eigenvalue weighted by molar-refractivity contribution is 0.185. The molecule has 152 valence electrons. The summed E-state index contributed by atoms with van der Waals surface area (Å²) in [5.74, 6) is 5.73. The molecule has 0 bridgehead atoms. The van der Waals surface area contributed by atoms with Gasteiger partial charge in [-0.2, -0.15) is 5.26 Å². The quantitative estimate of drug-likeness (QED) is 0.189. The minimum Gasteiger partial charge on any atom is -0.439 e. The molecule has 0 heterocycles. The molecular formula is C20H19Cl3N4O2. The Kier molecular flexibility index (Phi) is 7.77. The van der Waals surface area contributed by atoms with Crippen molar-refractivity contribution in [1.82, 2.24) is 0 Å². The molecule has 0 aliphatic rings. The molecule has 0 saturated carbocycles. The Morgan fingerprint density at radius 1 is 1.28 bits per heavy atom. The number of aliphatic hydroxyl groups excluding tert-OH is 1. The van der Waals surface area contributed by atoms with Crippen LogP contribution in [-0.2, 0) is 4.74 Å². The van der Waals surface area contributed by atoms with E-state index in [-0.39, 0.29) is 11.7 Å². The minimum atomic E-state index is -0.937.